The van der Waals surface area contributed by atoms with Crippen LogP contribution in [0.25, 0.3) is 0 Å². The van der Waals surface area contributed by atoms with Gasteiger partial charge in [-0.05, 0) is 60.3 Å². The fraction of sp³-hybridized carbons (Fsp3) is 0.333. The number of nitrogens with one attached hydrogen (secondary N) is 1. The van der Waals surface area contributed by atoms with Gasteiger partial charge >= 0.3 is 0 Å². The first-order valence-electron chi connectivity index (χ1n) is 11.1. The lowest BCUT2D eigenvalue weighted by Crippen LogP contribution is -2.51. The lowest BCUT2D eigenvalue weighted by atomic mass is 9.91. The molecule has 0 amide bonds. The number of rotatable bonds is 9. The lowest BCUT2D eigenvalue weighted by Gasteiger charge is -2.38. The zero-order chi connectivity index (χ0) is 22.4. The van der Waals surface area contributed by atoms with E-state index in [0.717, 1.165) is 36.2 Å². The highest BCUT2D eigenvalue weighted by Gasteiger charge is 2.41. The molecule has 3 aromatic rings. The summed E-state index contributed by atoms with van der Waals surface area (Å²) in [5, 5.41) is 3.76. The molecule has 0 saturated carbocycles. The number of ether oxygens (including phenoxy) is 2. The first-order chi connectivity index (χ1) is 15.6. The Kier molecular flexibility index (Phi) is 7.63. The highest BCUT2D eigenvalue weighted by atomic mass is 79.9. The number of likely N-dealkylation sites (N-methyl/N-ethyl adjacent to an activating group) is 1. The van der Waals surface area contributed by atoms with Gasteiger partial charge in [0.1, 0.15) is 11.4 Å². The summed E-state index contributed by atoms with van der Waals surface area (Å²) in [7, 11) is 3.91. The van der Waals surface area contributed by atoms with Crippen molar-refractivity contribution in [3.05, 3.63) is 99.5 Å². The Bertz CT molecular complexity index is 1030. The predicted molar refractivity (Wildman–Crippen MR) is 133 cm³/mol. The average molecular weight is 495 g/mol. The zero-order valence-electron chi connectivity index (χ0n) is 18.8. The second-order valence-electron chi connectivity index (χ2n) is 8.30. The Balaban J connectivity index is 1.56. The third-order valence-corrected chi connectivity index (χ3v) is 6.80. The summed E-state index contributed by atoms with van der Waals surface area (Å²) >= 11 is 3.60. The van der Waals surface area contributed by atoms with Gasteiger partial charge in [0.05, 0.1) is 20.3 Å². The Hall–Kier alpha value is -2.18. The molecule has 1 aliphatic rings. The molecule has 0 aromatic heterocycles. The van der Waals surface area contributed by atoms with Crippen LogP contribution in [0.4, 0.5) is 0 Å². The van der Waals surface area contributed by atoms with Gasteiger partial charge in [0, 0.05) is 17.6 Å². The number of aryl methyl sites for hydroxylation is 2. The summed E-state index contributed by atoms with van der Waals surface area (Å²) in [4.78, 5) is 2.39. The fourth-order valence-electron chi connectivity index (χ4n) is 4.54. The smallest absolute Gasteiger partial charge is 0.122 e. The third kappa shape index (κ3) is 5.07. The quantitative estimate of drug-likeness (QED) is 0.446. The van der Waals surface area contributed by atoms with E-state index in [1.54, 1.807) is 7.11 Å². The van der Waals surface area contributed by atoms with E-state index in [2.05, 4.69) is 87.8 Å². The number of nitrogens with zero attached hydrogens (tertiary/aromatic N) is 1. The Morgan fingerprint density at radius 1 is 0.969 bits per heavy atom. The van der Waals surface area contributed by atoms with Crippen LogP contribution >= 0.6 is 15.9 Å². The van der Waals surface area contributed by atoms with Crippen molar-refractivity contribution in [3.8, 4) is 5.75 Å². The van der Waals surface area contributed by atoms with E-state index in [4.69, 9.17) is 9.47 Å². The van der Waals surface area contributed by atoms with E-state index >= 15 is 0 Å². The summed E-state index contributed by atoms with van der Waals surface area (Å²) in [5.74, 6) is 0.933. The second-order valence-corrected chi connectivity index (χ2v) is 9.22. The monoisotopic (exact) mass is 494 g/mol. The van der Waals surface area contributed by atoms with E-state index in [1.165, 1.54) is 22.3 Å². The molecule has 1 aliphatic heterocycles. The van der Waals surface area contributed by atoms with Crippen molar-refractivity contribution >= 4 is 15.9 Å². The molecule has 168 valence electrons. The zero-order valence-corrected chi connectivity index (χ0v) is 20.4. The van der Waals surface area contributed by atoms with Crippen LogP contribution < -0.4 is 10.1 Å². The molecule has 1 fully saturated rings. The molecule has 4 rings (SSSR count). The Labute approximate surface area is 199 Å². The van der Waals surface area contributed by atoms with Crippen molar-refractivity contribution in [1.82, 2.24) is 10.2 Å². The van der Waals surface area contributed by atoms with Gasteiger partial charge in [-0.2, -0.15) is 0 Å². The molecular weight excluding hydrogens is 464 g/mol. The van der Waals surface area contributed by atoms with E-state index in [1.807, 2.05) is 18.2 Å². The average Bonchev–Trinajstić information content (AvgIpc) is 3.19. The van der Waals surface area contributed by atoms with Gasteiger partial charge in [0.25, 0.3) is 0 Å². The summed E-state index contributed by atoms with van der Waals surface area (Å²) in [6.45, 7) is 3.13. The van der Waals surface area contributed by atoms with Crippen molar-refractivity contribution in [3.63, 3.8) is 0 Å². The van der Waals surface area contributed by atoms with Crippen molar-refractivity contribution in [2.75, 3.05) is 33.9 Å². The minimum atomic E-state index is -0.327. The number of hydrogen-bond donors (Lipinski definition) is 1. The predicted octanol–water partition coefficient (Wildman–Crippen LogP) is 5.15. The molecule has 32 heavy (non-hydrogen) atoms. The molecule has 4 nitrogen and oxygen atoms in total. The van der Waals surface area contributed by atoms with E-state index < -0.39 is 0 Å². The van der Waals surface area contributed by atoms with Gasteiger partial charge < -0.3 is 9.47 Å². The normalized spacial score (nSPS) is 18.7. The maximum Gasteiger partial charge on any atom is 0.122 e. The maximum atomic E-state index is 6.27. The number of benzene rings is 3. The molecule has 0 spiro atoms. The van der Waals surface area contributed by atoms with Crippen LogP contribution in [0.3, 0.4) is 0 Å². The topological polar surface area (TPSA) is 33.7 Å². The summed E-state index contributed by atoms with van der Waals surface area (Å²) in [5.41, 5.74) is 4.70. The molecule has 1 saturated heterocycles. The lowest BCUT2D eigenvalue weighted by molar-refractivity contribution is 0.00249. The van der Waals surface area contributed by atoms with Gasteiger partial charge in [-0.1, -0.05) is 70.5 Å². The second kappa shape index (κ2) is 10.6. The van der Waals surface area contributed by atoms with Gasteiger partial charge in [-0.15, -0.1) is 0 Å². The summed E-state index contributed by atoms with van der Waals surface area (Å²) in [6.07, 6.45) is 1.84. The number of halogens is 1. The molecule has 0 bridgehead atoms. The number of hydrogen-bond acceptors (Lipinski definition) is 4. The van der Waals surface area contributed by atoms with Crippen LogP contribution in [0, 0.1) is 0 Å². The van der Waals surface area contributed by atoms with Crippen LogP contribution in [-0.2, 0) is 29.8 Å². The SMILES string of the molecule is COc1ccc(Br)cc1CCc1ccccc1C1(COCc2ccccc2)NCCN1C. The van der Waals surface area contributed by atoms with E-state index in [-0.39, 0.29) is 5.66 Å². The van der Waals surface area contributed by atoms with Crippen molar-refractivity contribution in [2.24, 2.45) is 0 Å². The minimum Gasteiger partial charge on any atom is -0.496 e. The van der Waals surface area contributed by atoms with E-state index in [0.29, 0.717) is 13.2 Å². The van der Waals surface area contributed by atoms with Gasteiger partial charge in [0.2, 0.25) is 0 Å². The molecular formula is C27H31BrN2O2. The summed E-state index contributed by atoms with van der Waals surface area (Å²) in [6, 6.07) is 25.3. The highest BCUT2D eigenvalue weighted by Crippen LogP contribution is 2.33. The molecule has 1 unspecified atom stereocenters. The third-order valence-electron chi connectivity index (χ3n) is 6.31. The van der Waals surface area contributed by atoms with Crippen molar-refractivity contribution in [2.45, 2.75) is 25.1 Å². The van der Waals surface area contributed by atoms with Crippen LogP contribution in [0.2, 0.25) is 0 Å². The van der Waals surface area contributed by atoms with E-state index in [9.17, 15) is 0 Å². The van der Waals surface area contributed by atoms with Crippen LogP contribution in [-0.4, -0.2) is 38.8 Å². The van der Waals surface area contributed by atoms with Gasteiger partial charge in [-0.25, -0.2) is 0 Å². The molecule has 0 aliphatic carbocycles. The van der Waals surface area contributed by atoms with Crippen molar-refractivity contribution < 1.29 is 9.47 Å². The number of methoxy groups -OCH3 is 1. The maximum absolute atomic E-state index is 6.27. The molecule has 1 N–H and O–H groups in total. The minimum absolute atomic E-state index is 0.327. The fourth-order valence-corrected chi connectivity index (χ4v) is 4.95. The molecule has 5 heteroatoms. The first kappa shape index (κ1) is 23.0. The Morgan fingerprint density at radius 3 is 2.47 bits per heavy atom. The van der Waals surface area contributed by atoms with Gasteiger partial charge in [-0.3, -0.25) is 10.2 Å². The molecule has 1 atom stereocenters. The highest BCUT2D eigenvalue weighted by molar-refractivity contribution is 9.10. The largest absolute Gasteiger partial charge is 0.496 e. The molecule has 1 heterocycles. The van der Waals surface area contributed by atoms with Crippen LogP contribution in [0.15, 0.2) is 77.3 Å². The van der Waals surface area contributed by atoms with Gasteiger partial charge in [0.15, 0.2) is 0 Å². The van der Waals surface area contributed by atoms with Crippen LogP contribution in [0.5, 0.6) is 5.75 Å². The molecule has 0 radical (unpaired) electrons. The first-order valence-corrected chi connectivity index (χ1v) is 11.9. The summed E-state index contributed by atoms with van der Waals surface area (Å²) < 4.78 is 12.9. The standard InChI is InChI=1S/C27H31BrN2O2/c1-30-17-16-29-27(30,20-32-19-21-8-4-3-5-9-21)25-11-7-6-10-22(25)12-13-23-18-24(28)14-15-26(23)31-2/h3-11,14-15,18,29H,12-13,16-17,19-20H2,1-2H3. The molecule has 3 aromatic carbocycles. The Morgan fingerprint density at radius 2 is 1.72 bits per heavy atom. The van der Waals surface area contributed by atoms with Crippen molar-refractivity contribution in [1.29, 1.82) is 0 Å². The van der Waals surface area contributed by atoms with Crippen LogP contribution in [0.1, 0.15) is 22.3 Å².